The van der Waals surface area contributed by atoms with Gasteiger partial charge >= 0.3 is 0 Å². The second-order valence-electron chi connectivity index (χ2n) is 8.43. The molecular formula is C20H35N3O2. The number of hydrogen-bond acceptors (Lipinski definition) is 4. The van der Waals surface area contributed by atoms with E-state index in [0.29, 0.717) is 11.9 Å². The fourth-order valence-electron chi connectivity index (χ4n) is 5.18. The van der Waals surface area contributed by atoms with Crippen molar-refractivity contribution in [3.63, 3.8) is 0 Å². The van der Waals surface area contributed by atoms with Crippen LogP contribution in [-0.2, 0) is 4.79 Å². The molecule has 3 aliphatic rings. The van der Waals surface area contributed by atoms with Crippen molar-refractivity contribution in [3.8, 4) is 0 Å². The van der Waals surface area contributed by atoms with Crippen LogP contribution in [-0.4, -0.2) is 40.6 Å². The number of aliphatic imine (C=N–C) groups is 1. The summed E-state index contributed by atoms with van der Waals surface area (Å²) in [7, 11) is 0. The average molecular weight is 350 g/mol. The van der Waals surface area contributed by atoms with Gasteiger partial charge in [-0.25, -0.2) is 4.99 Å². The standard InChI is InChI=1S/C20H35N3O2/c21-19-22-20(18(25)23(19)13-14-24,15-17-9-5-2-6-10-17)12-11-16-7-3-1-4-8-16/h16-17,24H,1-15H2,(H2,21,22)/t20-/m1/s1. The Morgan fingerprint density at radius 1 is 1.04 bits per heavy atom. The number of aliphatic hydroxyl groups is 1. The zero-order chi connectivity index (χ0) is 17.7. The van der Waals surface area contributed by atoms with Crippen LogP contribution in [0.5, 0.6) is 0 Å². The van der Waals surface area contributed by atoms with Gasteiger partial charge in [0.05, 0.1) is 13.2 Å². The molecule has 1 atom stereocenters. The van der Waals surface area contributed by atoms with Crippen LogP contribution >= 0.6 is 0 Å². The van der Waals surface area contributed by atoms with Crippen LogP contribution in [0.1, 0.15) is 83.5 Å². The Hall–Kier alpha value is -1.10. The molecule has 5 nitrogen and oxygen atoms in total. The van der Waals surface area contributed by atoms with Crippen LogP contribution in [0.2, 0.25) is 0 Å². The molecule has 1 amide bonds. The summed E-state index contributed by atoms with van der Waals surface area (Å²) in [6.45, 7) is 0.202. The molecule has 142 valence electrons. The third kappa shape index (κ3) is 4.36. The molecule has 0 bridgehead atoms. The SMILES string of the molecule is NC1=N[C@](CCC2CCCCC2)(CC2CCCCC2)C(=O)N1CCO. The van der Waals surface area contributed by atoms with E-state index in [9.17, 15) is 9.90 Å². The maximum absolute atomic E-state index is 13.2. The van der Waals surface area contributed by atoms with Gasteiger partial charge in [0.2, 0.25) is 0 Å². The van der Waals surface area contributed by atoms with Crippen molar-refractivity contribution in [2.75, 3.05) is 13.2 Å². The smallest absolute Gasteiger partial charge is 0.257 e. The van der Waals surface area contributed by atoms with Gasteiger partial charge in [-0.15, -0.1) is 0 Å². The third-order valence-corrected chi connectivity index (χ3v) is 6.61. The second-order valence-corrected chi connectivity index (χ2v) is 8.43. The molecular weight excluding hydrogens is 314 g/mol. The molecule has 2 fully saturated rings. The molecule has 0 aromatic rings. The van der Waals surface area contributed by atoms with Crippen molar-refractivity contribution >= 4 is 11.9 Å². The molecule has 0 spiro atoms. The van der Waals surface area contributed by atoms with Crippen LogP contribution in [0.15, 0.2) is 4.99 Å². The maximum Gasteiger partial charge on any atom is 0.257 e. The highest BCUT2D eigenvalue weighted by Gasteiger charge is 2.48. The molecule has 1 aliphatic heterocycles. The molecule has 3 N–H and O–H groups in total. The van der Waals surface area contributed by atoms with E-state index in [1.54, 1.807) is 0 Å². The number of carbonyl (C=O) groups is 1. The van der Waals surface area contributed by atoms with E-state index in [-0.39, 0.29) is 19.1 Å². The number of nitrogens with two attached hydrogens (primary N) is 1. The zero-order valence-corrected chi connectivity index (χ0v) is 15.6. The summed E-state index contributed by atoms with van der Waals surface area (Å²) in [5, 5.41) is 9.28. The van der Waals surface area contributed by atoms with Crippen molar-refractivity contribution in [3.05, 3.63) is 0 Å². The van der Waals surface area contributed by atoms with Crippen LogP contribution in [0, 0.1) is 11.8 Å². The van der Waals surface area contributed by atoms with Crippen LogP contribution in [0.25, 0.3) is 0 Å². The Bertz CT molecular complexity index is 481. The minimum absolute atomic E-state index is 0.0421. The first-order valence-electron chi connectivity index (χ1n) is 10.4. The van der Waals surface area contributed by atoms with E-state index in [1.165, 1.54) is 69.1 Å². The molecule has 1 heterocycles. The molecule has 0 aromatic heterocycles. The Labute approximate surface area is 152 Å². The van der Waals surface area contributed by atoms with Gasteiger partial charge in [0.25, 0.3) is 5.91 Å². The van der Waals surface area contributed by atoms with Gasteiger partial charge in [-0.05, 0) is 31.1 Å². The average Bonchev–Trinajstić information content (AvgIpc) is 2.87. The monoisotopic (exact) mass is 349 g/mol. The van der Waals surface area contributed by atoms with Gasteiger partial charge in [-0.3, -0.25) is 9.69 Å². The first-order chi connectivity index (χ1) is 12.1. The summed E-state index contributed by atoms with van der Waals surface area (Å²) in [6.07, 6.45) is 15.7. The zero-order valence-electron chi connectivity index (χ0n) is 15.6. The summed E-state index contributed by atoms with van der Waals surface area (Å²) >= 11 is 0. The summed E-state index contributed by atoms with van der Waals surface area (Å²) in [4.78, 5) is 19.5. The van der Waals surface area contributed by atoms with Gasteiger partial charge in [0, 0.05) is 0 Å². The van der Waals surface area contributed by atoms with Crippen molar-refractivity contribution in [1.29, 1.82) is 0 Å². The van der Waals surface area contributed by atoms with Crippen molar-refractivity contribution in [2.45, 2.75) is 89.0 Å². The van der Waals surface area contributed by atoms with E-state index >= 15 is 0 Å². The molecule has 0 radical (unpaired) electrons. The largest absolute Gasteiger partial charge is 0.395 e. The normalized spacial score (nSPS) is 29.2. The summed E-state index contributed by atoms with van der Waals surface area (Å²) in [5.74, 6) is 1.70. The maximum atomic E-state index is 13.2. The first-order valence-corrected chi connectivity index (χ1v) is 10.4. The minimum atomic E-state index is -0.654. The van der Waals surface area contributed by atoms with Crippen LogP contribution in [0.4, 0.5) is 0 Å². The fourth-order valence-corrected chi connectivity index (χ4v) is 5.18. The van der Waals surface area contributed by atoms with E-state index in [0.717, 1.165) is 25.2 Å². The van der Waals surface area contributed by atoms with Gasteiger partial charge in [-0.2, -0.15) is 0 Å². The first kappa shape index (κ1) is 18.7. The highest BCUT2D eigenvalue weighted by Crippen LogP contribution is 2.40. The highest BCUT2D eigenvalue weighted by molar-refractivity contribution is 6.06. The Morgan fingerprint density at radius 2 is 1.64 bits per heavy atom. The minimum Gasteiger partial charge on any atom is -0.395 e. The lowest BCUT2D eigenvalue weighted by molar-refractivity contribution is -0.132. The highest BCUT2D eigenvalue weighted by atomic mass is 16.3. The number of aliphatic hydroxyl groups excluding tert-OH is 1. The number of hydrogen-bond donors (Lipinski definition) is 2. The van der Waals surface area contributed by atoms with Crippen LogP contribution in [0.3, 0.4) is 0 Å². The number of guanidine groups is 1. The number of rotatable bonds is 7. The molecule has 3 rings (SSSR count). The number of nitrogens with zero attached hydrogens (tertiary/aromatic N) is 2. The van der Waals surface area contributed by atoms with E-state index in [1.807, 2.05) is 0 Å². The number of amides is 1. The Balaban J connectivity index is 1.72. The predicted molar refractivity (Wildman–Crippen MR) is 100 cm³/mol. The predicted octanol–water partition coefficient (Wildman–Crippen LogP) is 3.21. The van der Waals surface area contributed by atoms with E-state index in [2.05, 4.69) is 0 Å². The molecule has 5 heteroatoms. The van der Waals surface area contributed by atoms with E-state index < -0.39 is 5.54 Å². The topological polar surface area (TPSA) is 78.9 Å². The van der Waals surface area contributed by atoms with Crippen molar-refractivity contribution in [2.24, 2.45) is 22.6 Å². The molecule has 25 heavy (non-hydrogen) atoms. The van der Waals surface area contributed by atoms with Crippen molar-refractivity contribution in [1.82, 2.24) is 4.90 Å². The van der Waals surface area contributed by atoms with Gasteiger partial charge in [0.15, 0.2) is 5.96 Å². The number of β-amino-alcohol motifs (C(OH)–C–C–N with tert-alkyl or cyclic N) is 1. The second kappa shape index (κ2) is 8.52. The summed E-state index contributed by atoms with van der Waals surface area (Å²) in [6, 6.07) is 0. The Morgan fingerprint density at radius 3 is 2.24 bits per heavy atom. The third-order valence-electron chi connectivity index (χ3n) is 6.61. The summed E-state index contributed by atoms with van der Waals surface area (Å²) in [5.41, 5.74) is 5.43. The molecule has 0 saturated heterocycles. The molecule has 2 aliphatic carbocycles. The lowest BCUT2D eigenvalue weighted by atomic mass is 9.75. The van der Waals surface area contributed by atoms with Gasteiger partial charge < -0.3 is 10.8 Å². The van der Waals surface area contributed by atoms with Crippen molar-refractivity contribution < 1.29 is 9.90 Å². The lowest BCUT2D eigenvalue weighted by Crippen LogP contribution is -2.46. The van der Waals surface area contributed by atoms with Gasteiger partial charge in [0.1, 0.15) is 5.54 Å². The quantitative estimate of drug-likeness (QED) is 0.741. The number of carbonyl (C=O) groups excluding carboxylic acids is 1. The Kier molecular flexibility index (Phi) is 6.37. The molecule has 2 saturated carbocycles. The van der Waals surface area contributed by atoms with Gasteiger partial charge in [-0.1, -0.05) is 64.2 Å². The summed E-state index contributed by atoms with van der Waals surface area (Å²) < 4.78 is 0. The molecule has 0 unspecified atom stereocenters. The van der Waals surface area contributed by atoms with E-state index in [4.69, 9.17) is 10.7 Å². The van der Waals surface area contributed by atoms with Crippen LogP contribution < -0.4 is 5.73 Å². The molecule has 0 aromatic carbocycles. The lowest BCUT2D eigenvalue weighted by Gasteiger charge is -2.33. The fraction of sp³-hybridized carbons (Fsp3) is 0.900.